The van der Waals surface area contributed by atoms with Crippen LogP contribution in [-0.4, -0.2) is 33.9 Å². The monoisotopic (exact) mass is 415 g/mol. The number of fused-ring (bicyclic) bond motifs is 1. The number of carbonyl (C=O) groups excluding carboxylic acids is 1. The Balaban J connectivity index is 1.45. The third-order valence-electron chi connectivity index (χ3n) is 5.33. The standard InChI is InChI=1S/C23H21N5OS/c29-23(26-20-11-3-4-12-24-20)16-7-5-13-28(15-16)22-17-8-1-2-9-18(17)25-21(27-22)19-10-6-14-30-19/h1-4,6,8-12,14,16H,5,7,13,15H2,(H,24,26,29). The summed E-state index contributed by atoms with van der Waals surface area (Å²) in [6.07, 6.45) is 3.48. The summed E-state index contributed by atoms with van der Waals surface area (Å²) in [6.45, 7) is 1.50. The normalized spacial score (nSPS) is 16.5. The molecule has 1 amide bonds. The zero-order valence-electron chi connectivity index (χ0n) is 16.4. The van der Waals surface area contributed by atoms with Gasteiger partial charge in [-0.25, -0.2) is 15.0 Å². The summed E-state index contributed by atoms with van der Waals surface area (Å²) in [5.74, 6) is 2.13. The SMILES string of the molecule is O=C(Nc1ccccn1)C1CCCN(c2nc(-c3cccs3)nc3ccccc23)C1. The Hall–Kier alpha value is -3.32. The summed E-state index contributed by atoms with van der Waals surface area (Å²) in [6, 6.07) is 17.6. The molecule has 0 aliphatic carbocycles. The molecule has 4 heterocycles. The molecule has 5 rings (SSSR count). The van der Waals surface area contributed by atoms with Gasteiger partial charge >= 0.3 is 0 Å². The Kier molecular flexibility index (Phi) is 5.11. The molecule has 150 valence electrons. The second kappa shape index (κ2) is 8.20. The van der Waals surface area contributed by atoms with Crippen molar-refractivity contribution in [2.75, 3.05) is 23.3 Å². The Labute approximate surface area is 178 Å². The van der Waals surface area contributed by atoms with E-state index in [0.29, 0.717) is 12.4 Å². The number of anilines is 2. The van der Waals surface area contributed by atoms with Gasteiger partial charge in [0.25, 0.3) is 0 Å². The number of amides is 1. The van der Waals surface area contributed by atoms with Crippen molar-refractivity contribution in [2.24, 2.45) is 5.92 Å². The van der Waals surface area contributed by atoms with Crippen LogP contribution in [0.2, 0.25) is 0 Å². The van der Waals surface area contributed by atoms with Crippen LogP contribution in [0.1, 0.15) is 12.8 Å². The van der Waals surface area contributed by atoms with Crippen LogP contribution in [0, 0.1) is 5.92 Å². The van der Waals surface area contributed by atoms with Crippen molar-refractivity contribution >= 4 is 39.8 Å². The van der Waals surface area contributed by atoms with Crippen LogP contribution < -0.4 is 10.2 Å². The minimum atomic E-state index is -0.111. The van der Waals surface area contributed by atoms with Crippen LogP contribution in [-0.2, 0) is 4.79 Å². The number of hydrogen-bond donors (Lipinski definition) is 1. The predicted octanol–water partition coefficient (Wildman–Crippen LogP) is 4.61. The molecule has 1 unspecified atom stereocenters. The summed E-state index contributed by atoms with van der Waals surface area (Å²) >= 11 is 1.63. The van der Waals surface area contributed by atoms with Gasteiger partial charge in [0.15, 0.2) is 5.82 Å². The maximum Gasteiger partial charge on any atom is 0.230 e. The summed E-state index contributed by atoms with van der Waals surface area (Å²) in [5, 5.41) is 6.00. The van der Waals surface area contributed by atoms with E-state index in [4.69, 9.17) is 9.97 Å². The van der Waals surface area contributed by atoms with Crippen molar-refractivity contribution in [1.29, 1.82) is 0 Å². The van der Waals surface area contributed by atoms with Crippen LogP contribution in [0.5, 0.6) is 0 Å². The lowest BCUT2D eigenvalue weighted by Crippen LogP contribution is -2.41. The summed E-state index contributed by atoms with van der Waals surface area (Å²) in [5.41, 5.74) is 0.922. The average Bonchev–Trinajstić information content (AvgIpc) is 3.34. The highest BCUT2D eigenvalue weighted by Gasteiger charge is 2.28. The summed E-state index contributed by atoms with van der Waals surface area (Å²) in [7, 11) is 0. The molecule has 1 atom stereocenters. The van der Waals surface area contributed by atoms with E-state index in [2.05, 4.69) is 21.3 Å². The molecule has 0 saturated carbocycles. The van der Waals surface area contributed by atoms with Crippen LogP contribution in [0.4, 0.5) is 11.6 Å². The fourth-order valence-electron chi connectivity index (χ4n) is 3.87. The first-order valence-corrected chi connectivity index (χ1v) is 10.9. The molecule has 0 bridgehead atoms. The van der Waals surface area contributed by atoms with Gasteiger partial charge < -0.3 is 10.2 Å². The van der Waals surface area contributed by atoms with E-state index in [1.807, 2.05) is 53.9 Å². The average molecular weight is 416 g/mol. The first-order valence-electron chi connectivity index (χ1n) is 10.1. The van der Waals surface area contributed by atoms with Gasteiger partial charge in [0, 0.05) is 24.7 Å². The van der Waals surface area contributed by atoms with E-state index in [9.17, 15) is 4.79 Å². The molecule has 4 aromatic rings. The number of nitrogens with one attached hydrogen (secondary N) is 1. The molecule has 0 spiro atoms. The third-order valence-corrected chi connectivity index (χ3v) is 6.20. The van der Waals surface area contributed by atoms with E-state index in [0.717, 1.165) is 46.8 Å². The van der Waals surface area contributed by atoms with Crippen LogP contribution in [0.3, 0.4) is 0 Å². The van der Waals surface area contributed by atoms with Gasteiger partial charge in [-0.05, 0) is 48.6 Å². The van der Waals surface area contributed by atoms with Gasteiger partial charge in [0.2, 0.25) is 5.91 Å². The van der Waals surface area contributed by atoms with Gasteiger partial charge in [-0.1, -0.05) is 24.3 Å². The van der Waals surface area contributed by atoms with Gasteiger partial charge in [-0.2, -0.15) is 0 Å². The van der Waals surface area contributed by atoms with E-state index in [1.165, 1.54) is 0 Å². The second-order valence-electron chi connectivity index (χ2n) is 7.35. The van der Waals surface area contributed by atoms with Crippen molar-refractivity contribution in [2.45, 2.75) is 12.8 Å². The molecule has 7 heteroatoms. The smallest absolute Gasteiger partial charge is 0.230 e. The quantitative estimate of drug-likeness (QED) is 0.527. The lowest BCUT2D eigenvalue weighted by molar-refractivity contribution is -0.120. The highest BCUT2D eigenvalue weighted by Crippen LogP contribution is 2.32. The van der Waals surface area contributed by atoms with Crippen molar-refractivity contribution in [3.8, 4) is 10.7 Å². The van der Waals surface area contributed by atoms with E-state index in [1.54, 1.807) is 17.5 Å². The van der Waals surface area contributed by atoms with Crippen molar-refractivity contribution in [1.82, 2.24) is 15.0 Å². The van der Waals surface area contributed by atoms with E-state index < -0.39 is 0 Å². The first-order chi connectivity index (χ1) is 14.8. The minimum Gasteiger partial charge on any atom is -0.355 e. The zero-order chi connectivity index (χ0) is 20.3. The molecule has 1 saturated heterocycles. The second-order valence-corrected chi connectivity index (χ2v) is 8.30. The third kappa shape index (κ3) is 3.76. The highest BCUT2D eigenvalue weighted by atomic mass is 32.1. The molecular formula is C23H21N5OS. The number of rotatable bonds is 4. The van der Waals surface area contributed by atoms with E-state index in [-0.39, 0.29) is 11.8 Å². The molecule has 1 aliphatic heterocycles. The van der Waals surface area contributed by atoms with Gasteiger partial charge in [-0.15, -0.1) is 11.3 Å². The van der Waals surface area contributed by atoms with Gasteiger partial charge in [-0.3, -0.25) is 4.79 Å². The van der Waals surface area contributed by atoms with Crippen LogP contribution >= 0.6 is 11.3 Å². The first kappa shape index (κ1) is 18.7. The lowest BCUT2D eigenvalue weighted by atomic mass is 9.96. The predicted molar refractivity (Wildman–Crippen MR) is 121 cm³/mol. The Morgan fingerprint density at radius 1 is 1.07 bits per heavy atom. The van der Waals surface area contributed by atoms with E-state index >= 15 is 0 Å². The number of aromatic nitrogens is 3. The number of benzene rings is 1. The maximum atomic E-state index is 12.9. The molecular weight excluding hydrogens is 394 g/mol. The number of para-hydroxylation sites is 1. The highest BCUT2D eigenvalue weighted by molar-refractivity contribution is 7.13. The topological polar surface area (TPSA) is 71.0 Å². The van der Waals surface area contributed by atoms with Crippen molar-refractivity contribution in [3.05, 3.63) is 66.2 Å². The number of piperidine rings is 1. The molecule has 1 aromatic carbocycles. The Bertz CT molecular complexity index is 1160. The Morgan fingerprint density at radius 3 is 2.80 bits per heavy atom. The maximum absolute atomic E-state index is 12.9. The van der Waals surface area contributed by atoms with Crippen molar-refractivity contribution in [3.63, 3.8) is 0 Å². The van der Waals surface area contributed by atoms with Gasteiger partial charge in [0.1, 0.15) is 11.6 Å². The number of thiophene rings is 1. The molecule has 1 fully saturated rings. The van der Waals surface area contributed by atoms with Crippen molar-refractivity contribution < 1.29 is 4.79 Å². The van der Waals surface area contributed by atoms with Crippen LogP contribution in [0.25, 0.3) is 21.6 Å². The summed E-state index contributed by atoms with van der Waals surface area (Å²) in [4.78, 5) is 30.0. The van der Waals surface area contributed by atoms with Gasteiger partial charge in [0.05, 0.1) is 16.3 Å². The number of hydrogen-bond acceptors (Lipinski definition) is 6. The number of carbonyl (C=O) groups is 1. The number of pyridine rings is 1. The number of nitrogens with zero attached hydrogens (tertiary/aromatic N) is 4. The summed E-state index contributed by atoms with van der Waals surface area (Å²) < 4.78 is 0. The molecule has 0 radical (unpaired) electrons. The molecule has 30 heavy (non-hydrogen) atoms. The van der Waals surface area contributed by atoms with Crippen LogP contribution in [0.15, 0.2) is 66.2 Å². The zero-order valence-corrected chi connectivity index (χ0v) is 17.2. The molecule has 1 aliphatic rings. The minimum absolute atomic E-state index is 0.00948. The fraction of sp³-hybridized carbons (Fsp3) is 0.217. The Morgan fingerprint density at radius 2 is 1.97 bits per heavy atom. The molecule has 6 nitrogen and oxygen atoms in total. The fourth-order valence-corrected chi connectivity index (χ4v) is 4.52. The molecule has 3 aromatic heterocycles. The molecule has 1 N–H and O–H groups in total. The lowest BCUT2D eigenvalue weighted by Gasteiger charge is -2.33. The largest absolute Gasteiger partial charge is 0.355 e.